The van der Waals surface area contributed by atoms with Gasteiger partial charge in [0.1, 0.15) is 17.4 Å². The minimum absolute atomic E-state index is 0.0402. The first kappa shape index (κ1) is 36.2. The molecule has 0 amide bonds. The Kier molecular flexibility index (Phi) is 10.1. The van der Waals surface area contributed by atoms with Gasteiger partial charge in [0.25, 0.3) is 0 Å². The summed E-state index contributed by atoms with van der Waals surface area (Å²) in [6.45, 7) is 0. The molecule has 4 aromatic carbocycles. The highest BCUT2D eigenvalue weighted by Crippen LogP contribution is 2.42. The number of carboxylic acids is 2. The van der Waals surface area contributed by atoms with Gasteiger partial charge in [-0.1, -0.05) is 24.3 Å². The lowest BCUT2D eigenvalue weighted by molar-refractivity contribution is 0.0687. The number of nitrogens with one attached hydrogen (secondary N) is 2. The summed E-state index contributed by atoms with van der Waals surface area (Å²) in [4.78, 5) is 40.3. The zero-order chi connectivity index (χ0) is 38.8. The quantitative estimate of drug-likeness (QED) is 0.0942. The fourth-order valence-corrected chi connectivity index (χ4v) is 6.20. The topological polar surface area (TPSA) is 159 Å². The van der Waals surface area contributed by atoms with Gasteiger partial charge in [-0.2, -0.15) is 0 Å². The average molecular weight is 755 g/mol. The Morgan fingerprint density at radius 3 is 1.59 bits per heavy atom. The van der Waals surface area contributed by atoms with E-state index in [1.165, 1.54) is 12.4 Å². The van der Waals surface area contributed by atoms with Crippen LogP contribution in [0.4, 0.5) is 31.5 Å². The molecule has 0 radical (unpaired) electrons. The fraction of sp³-hybridized carbons (Fsp3) is 0.209. The van der Waals surface area contributed by atoms with Crippen molar-refractivity contribution in [3.63, 3.8) is 0 Å². The number of carbonyl (C=O) groups is 2. The predicted molar refractivity (Wildman–Crippen MR) is 206 cm³/mol. The van der Waals surface area contributed by atoms with Gasteiger partial charge in [0.05, 0.1) is 75.9 Å². The summed E-state index contributed by atoms with van der Waals surface area (Å²) in [7, 11) is 0. The van der Waals surface area contributed by atoms with E-state index in [2.05, 4.69) is 30.6 Å². The summed E-state index contributed by atoms with van der Waals surface area (Å²) in [5.74, 6) is -0.823. The van der Waals surface area contributed by atoms with Crippen molar-refractivity contribution in [2.75, 3.05) is 10.6 Å². The standard InChI is InChI=1S/C23H21N3O3.C20H15F2N3O2/c27-23(28)19-11-15(14-5-6-14)7-10-20(19)26-16-12-24-22(25-13-16)18-3-1-2-4-21(18)29-17-8-9-17;21-13-4-5-17(22)15(8-13)19-23-9-14(10-24-19)25-18-6-3-12(11-1-2-11)7-16(18)20(26)27/h1-4,7,10-14,17,26H,5-6,8-9H2,(H,27,28);3-11,25H,1-2H2,(H,26,27). The zero-order valence-electron chi connectivity index (χ0n) is 30.0. The number of para-hydroxylation sites is 1. The molecular weight excluding hydrogens is 719 g/mol. The number of hydrogen-bond donors (Lipinski definition) is 4. The number of carboxylic acid groups (broad SMARTS) is 2. The van der Waals surface area contributed by atoms with Gasteiger partial charge >= 0.3 is 11.9 Å². The van der Waals surface area contributed by atoms with E-state index in [1.807, 2.05) is 42.5 Å². The molecule has 0 unspecified atom stereocenters. The van der Waals surface area contributed by atoms with Crippen molar-refractivity contribution < 1.29 is 33.3 Å². The Labute approximate surface area is 320 Å². The molecule has 6 aromatic rings. The molecule has 2 aromatic heterocycles. The first-order chi connectivity index (χ1) is 27.2. The first-order valence-electron chi connectivity index (χ1n) is 18.3. The summed E-state index contributed by atoms with van der Waals surface area (Å²) >= 11 is 0. The molecule has 0 aliphatic heterocycles. The SMILES string of the molecule is O=C(O)c1cc(C2CC2)ccc1Nc1cnc(-c2cc(F)ccc2F)nc1.O=C(O)c1cc(C2CC2)ccc1Nc1cnc(-c2ccccc2OC2CC2)nc1. The van der Waals surface area contributed by atoms with Gasteiger partial charge in [0.2, 0.25) is 0 Å². The van der Waals surface area contributed by atoms with Crippen molar-refractivity contribution in [3.05, 3.63) is 138 Å². The lowest BCUT2D eigenvalue weighted by Crippen LogP contribution is -2.04. The van der Waals surface area contributed by atoms with Crippen LogP contribution in [0.2, 0.25) is 0 Å². The fourth-order valence-electron chi connectivity index (χ4n) is 6.20. The van der Waals surface area contributed by atoms with E-state index >= 15 is 0 Å². The Balaban J connectivity index is 0.000000158. The number of rotatable bonds is 12. The number of hydrogen-bond acceptors (Lipinski definition) is 9. The maximum atomic E-state index is 13.8. The third-order valence-corrected chi connectivity index (χ3v) is 9.62. The second-order valence-electron chi connectivity index (χ2n) is 14.0. The van der Waals surface area contributed by atoms with Crippen LogP contribution in [0.1, 0.15) is 82.2 Å². The minimum Gasteiger partial charge on any atom is -0.490 e. The predicted octanol–water partition coefficient (Wildman–Crippen LogP) is 9.74. The molecule has 282 valence electrons. The molecule has 56 heavy (non-hydrogen) atoms. The molecule has 9 rings (SSSR count). The van der Waals surface area contributed by atoms with E-state index in [0.29, 0.717) is 46.5 Å². The van der Waals surface area contributed by atoms with E-state index < -0.39 is 23.6 Å². The van der Waals surface area contributed by atoms with Gasteiger partial charge < -0.3 is 25.6 Å². The minimum atomic E-state index is -1.03. The Morgan fingerprint density at radius 1 is 0.607 bits per heavy atom. The average Bonchev–Trinajstić information content (AvgIpc) is 4.04. The third kappa shape index (κ3) is 8.62. The van der Waals surface area contributed by atoms with Gasteiger partial charge in [0, 0.05) is 0 Å². The smallest absolute Gasteiger partial charge is 0.337 e. The highest BCUT2D eigenvalue weighted by molar-refractivity contribution is 5.96. The molecule has 3 fully saturated rings. The molecule has 2 heterocycles. The maximum Gasteiger partial charge on any atom is 0.337 e. The van der Waals surface area contributed by atoms with Gasteiger partial charge in [-0.3, -0.25) is 0 Å². The number of nitrogens with zero attached hydrogens (tertiary/aromatic N) is 4. The molecular formula is C43H36F2N6O5. The number of benzene rings is 4. The van der Waals surface area contributed by atoms with Crippen LogP contribution >= 0.6 is 0 Å². The highest BCUT2D eigenvalue weighted by atomic mass is 19.1. The van der Waals surface area contributed by atoms with Crippen LogP contribution in [0, 0.1) is 11.6 Å². The van der Waals surface area contributed by atoms with Crippen LogP contribution in [0.5, 0.6) is 5.75 Å². The van der Waals surface area contributed by atoms with Gasteiger partial charge in [-0.05, 0) is 116 Å². The van der Waals surface area contributed by atoms with Crippen molar-refractivity contribution in [1.82, 2.24) is 19.9 Å². The largest absolute Gasteiger partial charge is 0.490 e. The van der Waals surface area contributed by atoms with Crippen LogP contribution in [-0.4, -0.2) is 48.2 Å². The normalized spacial score (nSPS) is 14.6. The molecule has 3 aliphatic rings. The molecule has 11 nitrogen and oxygen atoms in total. The summed E-state index contributed by atoms with van der Waals surface area (Å²) in [6, 6.07) is 21.7. The summed E-state index contributed by atoms with van der Waals surface area (Å²) in [6.07, 6.45) is 13.0. The lowest BCUT2D eigenvalue weighted by atomic mass is 10.0. The van der Waals surface area contributed by atoms with Gasteiger partial charge in [-0.15, -0.1) is 0 Å². The van der Waals surface area contributed by atoms with Crippen LogP contribution in [0.25, 0.3) is 22.8 Å². The molecule has 0 spiro atoms. The maximum absolute atomic E-state index is 13.8. The van der Waals surface area contributed by atoms with E-state index in [1.54, 1.807) is 30.6 Å². The van der Waals surface area contributed by atoms with Crippen molar-refractivity contribution in [2.45, 2.75) is 56.5 Å². The van der Waals surface area contributed by atoms with E-state index in [-0.39, 0.29) is 22.5 Å². The zero-order valence-corrected chi connectivity index (χ0v) is 30.0. The van der Waals surface area contributed by atoms with Crippen LogP contribution in [0.15, 0.2) is 104 Å². The number of aromatic nitrogens is 4. The number of aromatic carboxylic acids is 2. The van der Waals surface area contributed by atoms with Crippen LogP contribution in [0.3, 0.4) is 0 Å². The van der Waals surface area contributed by atoms with Crippen molar-refractivity contribution in [2.24, 2.45) is 0 Å². The van der Waals surface area contributed by atoms with Gasteiger partial charge in [0.15, 0.2) is 11.6 Å². The molecule has 3 saturated carbocycles. The number of ether oxygens (including phenoxy) is 1. The lowest BCUT2D eigenvalue weighted by Gasteiger charge is -2.12. The number of halogens is 2. The van der Waals surface area contributed by atoms with E-state index in [9.17, 15) is 28.6 Å². The Morgan fingerprint density at radius 2 is 1.11 bits per heavy atom. The monoisotopic (exact) mass is 754 g/mol. The summed E-state index contributed by atoms with van der Waals surface area (Å²) < 4.78 is 33.1. The Hall–Kier alpha value is -6.76. The van der Waals surface area contributed by atoms with Crippen molar-refractivity contribution >= 4 is 34.7 Å². The first-order valence-corrected chi connectivity index (χ1v) is 18.3. The third-order valence-electron chi connectivity index (χ3n) is 9.62. The van der Waals surface area contributed by atoms with E-state index in [0.717, 1.165) is 79.2 Å². The molecule has 3 aliphatic carbocycles. The van der Waals surface area contributed by atoms with Crippen molar-refractivity contribution in [1.29, 1.82) is 0 Å². The van der Waals surface area contributed by atoms with E-state index in [4.69, 9.17) is 4.74 Å². The molecule has 13 heteroatoms. The molecule has 4 N–H and O–H groups in total. The van der Waals surface area contributed by atoms with Crippen molar-refractivity contribution in [3.8, 4) is 28.5 Å². The van der Waals surface area contributed by atoms with Crippen LogP contribution in [-0.2, 0) is 0 Å². The molecule has 0 saturated heterocycles. The second kappa shape index (κ2) is 15.5. The Bertz CT molecular complexity index is 2420. The van der Waals surface area contributed by atoms with Gasteiger partial charge in [-0.25, -0.2) is 38.3 Å². The summed E-state index contributed by atoms with van der Waals surface area (Å²) in [5.41, 5.74) is 5.39. The molecule has 0 atom stereocenters. The highest BCUT2D eigenvalue weighted by Gasteiger charge is 2.27. The van der Waals surface area contributed by atoms with Crippen LogP contribution < -0.4 is 15.4 Å². The number of anilines is 4. The summed E-state index contributed by atoms with van der Waals surface area (Å²) in [5, 5.41) is 25.2. The second-order valence-corrected chi connectivity index (χ2v) is 14.0. The molecule has 0 bridgehead atoms.